The monoisotopic (exact) mass is 427 g/mol. The first kappa shape index (κ1) is 22.3. The fourth-order valence-corrected chi connectivity index (χ4v) is 3.64. The molecule has 0 aliphatic carbocycles. The van der Waals surface area contributed by atoms with Crippen molar-refractivity contribution < 1.29 is 23.8 Å². The summed E-state index contributed by atoms with van der Waals surface area (Å²) in [6.45, 7) is 5.52. The first-order valence-corrected chi connectivity index (χ1v) is 10.1. The second-order valence-corrected chi connectivity index (χ2v) is 7.47. The summed E-state index contributed by atoms with van der Waals surface area (Å²) in [6.07, 6.45) is 0. The van der Waals surface area contributed by atoms with Gasteiger partial charge in [0.1, 0.15) is 5.75 Å². The Labute approximate surface area is 182 Å². The Bertz CT molecular complexity index is 945. The first-order chi connectivity index (χ1) is 14.8. The lowest BCUT2D eigenvalue weighted by Gasteiger charge is -2.35. The highest BCUT2D eigenvalue weighted by molar-refractivity contribution is 5.98. The van der Waals surface area contributed by atoms with Crippen LogP contribution < -0.4 is 19.9 Å². The van der Waals surface area contributed by atoms with E-state index >= 15 is 0 Å². The summed E-state index contributed by atoms with van der Waals surface area (Å²) in [6, 6.07) is 8.87. The molecule has 1 saturated heterocycles. The van der Waals surface area contributed by atoms with Crippen LogP contribution in [0, 0.1) is 13.8 Å². The molecule has 2 amide bonds. The summed E-state index contributed by atoms with van der Waals surface area (Å²) in [5.74, 6) is 1.28. The Hall–Kier alpha value is -3.42. The van der Waals surface area contributed by atoms with E-state index in [9.17, 15) is 9.59 Å². The number of hydrogen-bond acceptors (Lipinski definition) is 6. The zero-order chi connectivity index (χ0) is 22.5. The molecule has 0 unspecified atom stereocenters. The van der Waals surface area contributed by atoms with Gasteiger partial charge in [-0.2, -0.15) is 0 Å². The van der Waals surface area contributed by atoms with Crippen LogP contribution in [0.3, 0.4) is 0 Å². The predicted octanol–water partition coefficient (Wildman–Crippen LogP) is 2.27. The van der Waals surface area contributed by atoms with E-state index in [1.165, 1.54) is 14.2 Å². The zero-order valence-corrected chi connectivity index (χ0v) is 18.4. The molecule has 0 spiro atoms. The lowest BCUT2D eigenvalue weighted by molar-refractivity contribution is -0.134. The Morgan fingerprint density at radius 1 is 0.968 bits per heavy atom. The minimum Gasteiger partial charge on any atom is -0.493 e. The van der Waals surface area contributed by atoms with Crippen LogP contribution in [-0.4, -0.2) is 68.6 Å². The molecule has 3 rings (SSSR count). The fourth-order valence-electron chi connectivity index (χ4n) is 3.64. The minimum atomic E-state index is -0.146. The highest BCUT2D eigenvalue weighted by atomic mass is 16.5. The fraction of sp³-hybridized carbons (Fsp3) is 0.391. The van der Waals surface area contributed by atoms with Gasteiger partial charge in [-0.1, -0.05) is 6.07 Å². The molecule has 1 aliphatic heterocycles. The van der Waals surface area contributed by atoms with E-state index in [1.807, 2.05) is 26.0 Å². The molecule has 1 fully saturated rings. The average Bonchev–Trinajstić information content (AvgIpc) is 2.79. The average molecular weight is 428 g/mol. The molecule has 2 aromatic rings. The van der Waals surface area contributed by atoms with Crippen LogP contribution in [0.25, 0.3) is 0 Å². The highest BCUT2D eigenvalue weighted by Crippen LogP contribution is 2.31. The predicted molar refractivity (Wildman–Crippen MR) is 118 cm³/mol. The molecule has 166 valence electrons. The van der Waals surface area contributed by atoms with Crippen molar-refractivity contribution in [2.75, 3.05) is 52.7 Å². The molecule has 0 saturated carbocycles. The van der Waals surface area contributed by atoms with Crippen molar-refractivity contribution in [3.63, 3.8) is 0 Å². The number of benzene rings is 2. The van der Waals surface area contributed by atoms with Crippen LogP contribution >= 0.6 is 0 Å². The number of carbonyl (C=O) groups excluding carboxylic acids is 2. The number of methoxy groups -OCH3 is 2. The van der Waals surface area contributed by atoms with Crippen molar-refractivity contribution in [3.8, 4) is 17.2 Å². The quantitative estimate of drug-likeness (QED) is 0.711. The summed E-state index contributed by atoms with van der Waals surface area (Å²) < 4.78 is 16.3. The van der Waals surface area contributed by atoms with Gasteiger partial charge in [0.25, 0.3) is 11.8 Å². The molecule has 0 radical (unpaired) electrons. The third-order valence-electron chi connectivity index (χ3n) is 5.48. The van der Waals surface area contributed by atoms with E-state index in [2.05, 4.69) is 0 Å². The van der Waals surface area contributed by atoms with Gasteiger partial charge in [0, 0.05) is 31.9 Å². The van der Waals surface area contributed by atoms with Crippen molar-refractivity contribution in [2.24, 2.45) is 0 Å². The Balaban J connectivity index is 1.57. The number of hydrogen-bond donors (Lipinski definition) is 1. The van der Waals surface area contributed by atoms with Gasteiger partial charge in [0.05, 0.1) is 19.8 Å². The molecule has 1 aliphatic rings. The van der Waals surface area contributed by atoms with Gasteiger partial charge in [0.2, 0.25) is 0 Å². The van der Waals surface area contributed by atoms with Crippen LogP contribution in [0.2, 0.25) is 0 Å². The molecule has 1 heterocycles. The standard InChI is InChI=1S/C23H29N3O5/c1-15-12-17(13-16(2)21(15)24)31-14-20(27)25-8-10-26(11-9-25)23(28)18-6-5-7-19(29-3)22(18)30-4/h5-7,12-13H,8-11,14,24H2,1-4H3. The minimum absolute atomic E-state index is 0.0551. The topological polar surface area (TPSA) is 94.3 Å². The number of nitrogen functional groups attached to an aromatic ring is 1. The normalized spacial score (nSPS) is 13.7. The van der Waals surface area contributed by atoms with E-state index in [0.29, 0.717) is 49.0 Å². The third kappa shape index (κ3) is 4.84. The maximum absolute atomic E-state index is 13.0. The van der Waals surface area contributed by atoms with E-state index in [-0.39, 0.29) is 18.4 Å². The zero-order valence-electron chi connectivity index (χ0n) is 18.4. The summed E-state index contributed by atoms with van der Waals surface area (Å²) in [5, 5.41) is 0. The largest absolute Gasteiger partial charge is 0.493 e. The summed E-state index contributed by atoms with van der Waals surface area (Å²) in [4.78, 5) is 29.0. The molecule has 8 heteroatoms. The number of piperazine rings is 1. The van der Waals surface area contributed by atoms with Crippen molar-refractivity contribution in [3.05, 3.63) is 47.0 Å². The van der Waals surface area contributed by atoms with Crippen LogP contribution in [0.1, 0.15) is 21.5 Å². The third-order valence-corrected chi connectivity index (χ3v) is 5.48. The molecular formula is C23H29N3O5. The first-order valence-electron chi connectivity index (χ1n) is 10.1. The maximum Gasteiger partial charge on any atom is 0.260 e. The van der Waals surface area contributed by atoms with Gasteiger partial charge in [-0.25, -0.2) is 0 Å². The number of rotatable bonds is 6. The van der Waals surface area contributed by atoms with Crippen LogP contribution in [0.5, 0.6) is 17.2 Å². The molecule has 0 aromatic heterocycles. The molecule has 8 nitrogen and oxygen atoms in total. The van der Waals surface area contributed by atoms with Crippen molar-refractivity contribution in [1.82, 2.24) is 9.80 Å². The van der Waals surface area contributed by atoms with Crippen molar-refractivity contribution in [1.29, 1.82) is 0 Å². The van der Waals surface area contributed by atoms with Gasteiger partial charge in [-0.05, 0) is 49.2 Å². The number of aryl methyl sites for hydroxylation is 2. The number of para-hydroxylation sites is 1. The molecular weight excluding hydrogens is 398 g/mol. The summed E-state index contributed by atoms with van der Waals surface area (Å²) in [7, 11) is 3.04. The number of nitrogens with zero attached hydrogens (tertiary/aromatic N) is 2. The van der Waals surface area contributed by atoms with Crippen LogP contribution in [0.15, 0.2) is 30.3 Å². The van der Waals surface area contributed by atoms with Gasteiger partial charge < -0.3 is 29.7 Å². The Morgan fingerprint density at radius 3 is 2.16 bits per heavy atom. The van der Waals surface area contributed by atoms with E-state index in [1.54, 1.807) is 28.0 Å². The van der Waals surface area contributed by atoms with Crippen molar-refractivity contribution >= 4 is 17.5 Å². The van der Waals surface area contributed by atoms with Gasteiger partial charge in [-0.3, -0.25) is 9.59 Å². The second-order valence-electron chi connectivity index (χ2n) is 7.47. The molecule has 2 aromatic carbocycles. The van der Waals surface area contributed by atoms with Gasteiger partial charge in [0.15, 0.2) is 18.1 Å². The number of ether oxygens (including phenoxy) is 3. The van der Waals surface area contributed by atoms with E-state index < -0.39 is 0 Å². The Morgan fingerprint density at radius 2 is 1.58 bits per heavy atom. The second kappa shape index (κ2) is 9.59. The van der Waals surface area contributed by atoms with E-state index in [0.717, 1.165) is 16.8 Å². The lowest BCUT2D eigenvalue weighted by atomic mass is 10.1. The van der Waals surface area contributed by atoms with Gasteiger partial charge >= 0.3 is 0 Å². The number of nitrogens with two attached hydrogens (primary N) is 1. The van der Waals surface area contributed by atoms with Crippen molar-refractivity contribution in [2.45, 2.75) is 13.8 Å². The maximum atomic E-state index is 13.0. The summed E-state index contributed by atoms with van der Waals surface area (Å²) in [5.41, 5.74) is 8.97. The SMILES string of the molecule is COc1cccc(C(=O)N2CCN(C(=O)COc3cc(C)c(N)c(C)c3)CC2)c1OC. The molecule has 31 heavy (non-hydrogen) atoms. The summed E-state index contributed by atoms with van der Waals surface area (Å²) >= 11 is 0. The molecule has 0 atom stereocenters. The number of anilines is 1. The molecule has 2 N–H and O–H groups in total. The number of amides is 2. The Kier molecular flexibility index (Phi) is 6.89. The lowest BCUT2D eigenvalue weighted by Crippen LogP contribution is -2.51. The van der Waals surface area contributed by atoms with E-state index in [4.69, 9.17) is 19.9 Å². The smallest absolute Gasteiger partial charge is 0.260 e. The van der Waals surface area contributed by atoms with Crippen LogP contribution in [-0.2, 0) is 4.79 Å². The van der Waals surface area contributed by atoms with Gasteiger partial charge in [-0.15, -0.1) is 0 Å². The molecule has 0 bridgehead atoms. The number of carbonyl (C=O) groups is 2. The highest BCUT2D eigenvalue weighted by Gasteiger charge is 2.27. The van der Waals surface area contributed by atoms with Crippen LogP contribution in [0.4, 0.5) is 5.69 Å².